The molecule has 12 rings (SSSR count). The Morgan fingerprint density at radius 3 is 1.85 bits per heavy atom. The second kappa shape index (κ2) is 12.2. The highest BCUT2D eigenvalue weighted by Gasteiger charge is 2.41. The van der Waals surface area contributed by atoms with E-state index in [2.05, 4.69) is 219 Å². The summed E-state index contributed by atoms with van der Waals surface area (Å²) in [7, 11) is 0. The Bertz CT molecular complexity index is 3310. The van der Waals surface area contributed by atoms with Gasteiger partial charge in [0.25, 0.3) is 0 Å². The zero-order chi connectivity index (χ0) is 39.6. The Balaban J connectivity index is 1.13. The van der Waals surface area contributed by atoms with Crippen LogP contribution in [0.15, 0.2) is 186 Å². The predicted octanol–water partition coefficient (Wildman–Crippen LogP) is 15.3. The van der Waals surface area contributed by atoms with Gasteiger partial charge in [0.1, 0.15) is 11.2 Å². The molecule has 0 saturated heterocycles. The van der Waals surface area contributed by atoms with E-state index in [1.807, 2.05) is 0 Å². The monoisotopic (exact) mass is 758 g/mol. The number of nitrogens with zero attached hydrogens (tertiary/aromatic N) is 2. The average molecular weight is 759 g/mol. The van der Waals surface area contributed by atoms with Gasteiger partial charge in [-0.3, -0.25) is 0 Å². The van der Waals surface area contributed by atoms with Gasteiger partial charge in [0.05, 0.1) is 22.3 Å². The van der Waals surface area contributed by atoms with Crippen molar-refractivity contribution in [1.82, 2.24) is 4.57 Å². The largest absolute Gasteiger partial charge is 0.456 e. The molecule has 0 spiro atoms. The van der Waals surface area contributed by atoms with Gasteiger partial charge in [0.15, 0.2) is 0 Å². The number of rotatable bonds is 5. The molecule has 2 aliphatic rings. The van der Waals surface area contributed by atoms with Crippen LogP contribution in [0, 0.1) is 0 Å². The number of para-hydroxylation sites is 1. The maximum absolute atomic E-state index is 7.02. The first-order valence-corrected chi connectivity index (χ1v) is 20.7. The van der Waals surface area contributed by atoms with Gasteiger partial charge < -0.3 is 13.9 Å². The highest BCUT2D eigenvalue weighted by Crippen LogP contribution is 2.56. The van der Waals surface area contributed by atoms with E-state index in [1.54, 1.807) is 0 Å². The minimum absolute atomic E-state index is 0.159. The SMILES string of the molecule is CC1(C)c2ccccc2-c2c1c1ccc(N(c3ccc(-c4ccccc4)cc3)c3cccc4oc5c6c(ccc5c34)-c3ccccc3C6(C)C)cc1n2-c1ccccc1. The summed E-state index contributed by atoms with van der Waals surface area (Å²) in [5, 5.41) is 3.52. The Morgan fingerprint density at radius 1 is 0.475 bits per heavy atom. The second-order valence-electron chi connectivity index (χ2n) is 17.3. The highest BCUT2D eigenvalue weighted by atomic mass is 16.3. The summed E-state index contributed by atoms with van der Waals surface area (Å²) in [6.45, 7) is 9.42. The minimum Gasteiger partial charge on any atom is -0.456 e. The van der Waals surface area contributed by atoms with Crippen LogP contribution in [0.2, 0.25) is 0 Å². The quantitative estimate of drug-likeness (QED) is 0.174. The molecule has 0 amide bonds. The van der Waals surface area contributed by atoms with Crippen molar-refractivity contribution in [3.8, 4) is 39.2 Å². The first kappa shape index (κ1) is 34.0. The molecule has 0 atom stereocenters. The normalized spacial score (nSPS) is 14.4. The third-order valence-electron chi connectivity index (χ3n) is 13.3. The number of hydrogen-bond donors (Lipinski definition) is 0. The fourth-order valence-corrected chi connectivity index (χ4v) is 10.7. The van der Waals surface area contributed by atoms with Crippen molar-refractivity contribution in [2.24, 2.45) is 0 Å². The molecule has 3 heteroatoms. The van der Waals surface area contributed by atoms with E-state index >= 15 is 0 Å². The fraction of sp³-hybridized carbons (Fsp3) is 0.107. The third-order valence-corrected chi connectivity index (χ3v) is 13.3. The van der Waals surface area contributed by atoms with Crippen LogP contribution in [0.25, 0.3) is 72.0 Å². The Kier molecular flexibility index (Phi) is 7.03. The molecule has 0 bridgehead atoms. The smallest absolute Gasteiger partial charge is 0.140 e. The van der Waals surface area contributed by atoms with E-state index in [9.17, 15) is 0 Å². The van der Waals surface area contributed by atoms with Gasteiger partial charge in [-0.1, -0.05) is 155 Å². The van der Waals surface area contributed by atoms with Crippen LogP contribution < -0.4 is 4.90 Å². The standard InChI is InChI=1S/C56H42N2O/c1-55(2)46-23-14-12-21-42(46)53-51(55)43-31-30-39(34-48(43)58(53)37-18-9-6-10-19-37)57(38-28-26-36(27-29-38)35-16-7-5-8-17-35)47-24-15-25-49-50(47)44-33-32-41-40-20-11-13-22-45(40)56(3,4)52(41)54(44)59-49/h5-34H,1-4H3. The summed E-state index contributed by atoms with van der Waals surface area (Å²) in [5.41, 5.74) is 20.0. The van der Waals surface area contributed by atoms with Crippen LogP contribution in [0.3, 0.4) is 0 Å². The summed E-state index contributed by atoms with van der Waals surface area (Å²) >= 11 is 0. The third kappa shape index (κ3) is 4.70. The van der Waals surface area contributed by atoms with Gasteiger partial charge in [-0.15, -0.1) is 0 Å². The first-order chi connectivity index (χ1) is 28.8. The molecule has 0 fully saturated rings. The summed E-state index contributed by atoms with van der Waals surface area (Å²) in [5.74, 6) is 0. The van der Waals surface area contributed by atoms with Crippen LogP contribution in [0.1, 0.15) is 49.9 Å². The number of fused-ring (bicyclic) bond motifs is 12. The Labute approximate surface area is 344 Å². The molecule has 59 heavy (non-hydrogen) atoms. The van der Waals surface area contributed by atoms with Crippen molar-refractivity contribution in [2.75, 3.05) is 4.90 Å². The number of aromatic nitrogens is 1. The average Bonchev–Trinajstić information content (AvgIpc) is 3.96. The zero-order valence-corrected chi connectivity index (χ0v) is 33.6. The number of benzene rings is 8. The van der Waals surface area contributed by atoms with Crippen molar-refractivity contribution >= 4 is 49.9 Å². The fourth-order valence-electron chi connectivity index (χ4n) is 10.7. The van der Waals surface area contributed by atoms with E-state index in [-0.39, 0.29) is 10.8 Å². The maximum atomic E-state index is 7.02. The van der Waals surface area contributed by atoms with Crippen molar-refractivity contribution in [2.45, 2.75) is 38.5 Å². The van der Waals surface area contributed by atoms with Crippen molar-refractivity contribution in [3.63, 3.8) is 0 Å². The van der Waals surface area contributed by atoms with Gasteiger partial charge in [-0.05, 0) is 93.5 Å². The zero-order valence-electron chi connectivity index (χ0n) is 33.6. The molecule has 2 heterocycles. The molecule has 2 aromatic heterocycles. The Hall–Kier alpha value is -7.10. The van der Waals surface area contributed by atoms with E-state index in [4.69, 9.17) is 4.42 Å². The van der Waals surface area contributed by atoms with E-state index < -0.39 is 0 Å². The van der Waals surface area contributed by atoms with Gasteiger partial charge >= 0.3 is 0 Å². The van der Waals surface area contributed by atoms with Crippen LogP contribution in [0.5, 0.6) is 0 Å². The molecule has 0 saturated carbocycles. The van der Waals surface area contributed by atoms with Crippen molar-refractivity contribution < 1.29 is 4.42 Å². The molecule has 0 unspecified atom stereocenters. The molecule has 8 aromatic carbocycles. The Morgan fingerprint density at radius 2 is 1.08 bits per heavy atom. The predicted molar refractivity (Wildman–Crippen MR) is 246 cm³/mol. The molecule has 10 aromatic rings. The second-order valence-corrected chi connectivity index (χ2v) is 17.3. The first-order valence-electron chi connectivity index (χ1n) is 20.7. The molecule has 0 radical (unpaired) electrons. The van der Waals surface area contributed by atoms with E-state index in [1.165, 1.54) is 66.7 Å². The molecule has 2 aliphatic carbocycles. The molecular formula is C56H42N2O. The lowest BCUT2D eigenvalue weighted by molar-refractivity contribution is 0.620. The van der Waals surface area contributed by atoms with Crippen LogP contribution in [0.4, 0.5) is 17.1 Å². The number of hydrogen-bond acceptors (Lipinski definition) is 2. The molecule has 282 valence electrons. The molecule has 0 N–H and O–H groups in total. The maximum Gasteiger partial charge on any atom is 0.140 e. The lowest BCUT2D eigenvalue weighted by Gasteiger charge is -2.27. The summed E-state index contributed by atoms with van der Waals surface area (Å²) in [4.78, 5) is 2.44. The number of anilines is 3. The van der Waals surface area contributed by atoms with Crippen LogP contribution in [-0.4, -0.2) is 4.57 Å². The molecule has 0 aliphatic heterocycles. The van der Waals surface area contributed by atoms with Crippen LogP contribution >= 0.6 is 0 Å². The molecular weight excluding hydrogens is 717 g/mol. The summed E-state index contributed by atoms with van der Waals surface area (Å²) < 4.78 is 9.51. The van der Waals surface area contributed by atoms with Gasteiger partial charge in [-0.2, -0.15) is 0 Å². The minimum atomic E-state index is -0.201. The van der Waals surface area contributed by atoms with Crippen molar-refractivity contribution in [3.05, 3.63) is 204 Å². The van der Waals surface area contributed by atoms with Crippen LogP contribution in [-0.2, 0) is 10.8 Å². The summed E-state index contributed by atoms with van der Waals surface area (Å²) in [6, 6.07) is 66.5. The number of furan rings is 1. The van der Waals surface area contributed by atoms with Gasteiger partial charge in [-0.25, -0.2) is 0 Å². The van der Waals surface area contributed by atoms with E-state index in [0.717, 1.165) is 44.7 Å². The lowest BCUT2D eigenvalue weighted by Crippen LogP contribution is -2.15. The van der Waals surface area contributed by atoms with Crippen molar-refractivity contribution in [1.29, 1.82) is 0 Å². The van der Waals surface area contributed by atoms with E-state index in [0.29, 0.717) is 0 Å². The highest BCUT2D eigenvalue weighted by molar-refractivity contribution is 6.16. The lowest BCUT2D eigenvalue weighted by atomic mass is 9.81. The summed E-state index contributed by atoms with van der Waals surface area (Å²) in [6.07, 6.45) is 0. The topological polar surface area (TPSA) is 21.3 Å². The molecule has 3 nitrogen and oxygen atoms in total. The van der Waals surface area contributed by atoms with Gasteiger partial charge in [0, 0.05) is 49.8 Å². The van der Waals surface area contributed by atoms with Gasteiger partial charge in [0.2, 0.25) is 0 Å².